The molecular weight excluding hydrogens is 224 g/mol. The summed E-state index contributed by atoms with van der Waals surface area (Å²) in [6.07, 6.45) is 1.12. The second-order valence-corrected chi connectivity index (χ2v) is 4.76. The van der Waals surface area contributed by atoms with Gasteiger partial charge in [0.05, 0.1) is 12.8 Å². The monoisotopic (exact) mass is 247 g/mol. The summed E-state index contributed by atoms with van der Waals surface area (Å²) in [7, 11) is 1.73. The molecule has 1 aliphatic rings. The number of methoxy groups -OCH3 is 1. The molecule has 1 unspecified atom stereocenters. The maximum atomic E-state index is 5.43. The number of nitrogens with zero attached hydrogens (tertiary/aromatic N) is 2. The summed E-state index contributed by atoms with van der Waals surface area (Å²) >= 11 is 0. The molecule has 1 fully saturated rings. The van der Waals surface area contributed by atoms with Gasteiger partial charge in [-0.3, -0.25) is 4.90 Å². The number of hydrogen-bond acceptors (Lipinski definition) is 3. The lowest BCUT2D eigenvalue weighted by Gasteiger charge is -2.39. The normalized spacial score (nSPS) is 18.7. The van der Waals surface area contributed by atoms with Crippen LogP contribution in [0.1, 0.15) is 13.3 Å². The molecule has 1 saturated heterocycles. The van der Waals surface area contributed by atoms with Gasteiger partial charge in [-0.1, -0.05) is 19.1 Å². The second-order valence-electron chi connectivity index (χ2n) is 4.76. The second kappa shape index (κ2) is 6.10. The van der Waals surface area contributed by atoms with Gasteiger partial charge >= 0.3 is 0 Å². The van der Waals surface area contributed by atoms with E-state index in [0.717, 1.165) is 38.3 Å². The minimum absolute atomic E-state index is 0.449. The smallest absolute Gasteiger partial charge is 0.142 e. The molecule has 18 heavy (non-hydrogen) atoms. The van der Waals surface area contributed by atoms with Crippen LogP contribution in [0.5, 0.6) is 5.75 Å². The summed E-state index contributed by atoms with van der Waals surface area (Å²) < 4.78 is 5.43. The molecule has 1 radical (unpaired) electrons. The number of anilines is 1. The first kappa shape index (κ1) is 13.2. The molecule has 0 aliphatic carbocycles. The lowest BCUT2D eigenvalue weighted by molar-refractivity contribution is 0.209. The fraction of sp³-hybridized carbons (Fsp3) is 0.533. The molecule has 3 heteroatoms. The standard InChI is InChI=1S/C15H23N2O/c1-4-13(2)16-9-11-17(12-10-16)14-7-5-6-8-15(14)18-3/h5-8,13H,2,4,9-12H2,1,3H3. The third-order valence-electron chi connectivity index (χ3n) is 3.73. The SMILES string of the molecule is [CH2]C(CC)N1CCN(c2ccccc2OC)CC1. The number of ether oxygens (including phenoxy) is 1. The van der Waals surface area contributed by atoms with Crippen LogP contribution in [0, 0.1) is 6.92 Å². The maximum absolute atomic E-state index is 5.43. The van der Waals surface area contributed by atoms with Crippen LogP contribution in [-0.4, -0.2) is 44.2 Å². The van der Waals surface area contributed by atoms with Crippen molar-refractivity contribution in [2.75, 3.05) is 38.2 Å². The first-order chi connectivity index (χ1) is 8.76. The van der Waals surface area contributed by atoms with Crippen LogP contribution in [0.15, 0.2) is 24.3 Å². The van der Waals surface area contributed by atoms with E-state index in [4.69, 9.17) is 4.74 Å². The van der Waals surface area contributed by atoms with Crippen LogP contribution in [0.25, 0.3) is 0 Å². The van der Waals surface area contributed by atoms with Crippen molar-refractivity contribution < 1.29 is 4.74 Å². The average molecular weight is 247 g/mol. The van der Waals surface area contributed by atoms with Gasteiger partial charge in [0.15, 0.2) is 0 Å². The molecule has 1 aliphatic heterocycles. The van der Waals surface area contributed by atoms with Crippen LogP contribution >= 0.6 is 0 Å². The van der Waals surface area contributed by atoms with E-state index in [-0.39, 0.29) is 0 Å². The third-order valence-corrected chi connectivity index (χ3v) is 3.73. The Balaban J connectivity index is 2.01. The summed E-state index contributed by atoms with van der Waals surface area (Å²) in [5, 5.41) is 0. The molecule has 1 aromatic rings. The highest BCUT2D eigenvalue weighted by molar-refractivity contribution is 5.58. The lowest BCUT2D eigenvalue weighted by atomic mass is 10.1. The zero-order valence-corrected chi connectivity index (χ0v) is 11.4. The summed E-state index contributed by atoms with van der Waals surface area (Å²) in [6, 6.07) is 8.69. The largest absolute Gasteiger partial charge is 0.495 e. The number of para-hydroxylation sites is 2. The lowest BCUT2D eigenvalue weighted by Crippen LogP contribution is -2.49. The Morgan fingerprint density at radius 2 is 1.89 bits per heavy atom. The highest BCUT2D eigenvalue weighted by Crippen LogP contribution is 2.28. The van der Waals surface area contributed by atoms with Crippen molar-refractivity contribution in [2.45, 2.75) is 19.4 Å². The van der Waals surface area contributed by atoms with Crippen LogP contribution in [-0.2, 0) is 0 Å². The van der Waals surface area contributed by atoms with Crippen LogP contribution in [0.3, 0.4) is 0 Å². The summed E-state index contributed by atoms with van der Waals surface area (Å²) in [6.45, 7) is 10.7. The Morgan fingerprint density at radius 3 is 2.50 bits per heavy atom. The molecule has 0 spiro atoms. The predicted octanol–water partition coefficient (Wildman–Crippen LogP) is 2.43. The maximum Gasteiger partial charge on any atom is 0.142 e. The number of rotatable bonds is 4. The Bertz CT molecular complexity index is 373. The minimum Gasteiger partial charge on any atom is -0.495 e. The highest BCUT2D eigenvalue weighted by Gasteiger charge is 2.21. The molecule has 3 nitrogen and oxygen atoms in total. The number of hydrogen-bond donors (Lipinski definition) is 0. The van der Waals surface area contributed by atoms with Crippen molar-refractivity contribution in [3.8, 4) is 5.75 Å². The predicted molar refractivity (Wildman–Crippen MR) is 76.2 cm³/mol. The molecule has 0 amide bonds. The molecule has 0 saturated carbocycles. The van der Waals surface area contributed by atoms with E-state index in [2.05, 4.69) is 35.8 Å². The Morgan fingerprint density at radius 1 is 1.22 bits per heavy atom. The molecule has 1 heterocycles. The highest BCUT2D eigenvalue weighted by atomic mass is 16.5. The fourth-order valence-corrected chi connectivity index (χ4v) is 2.48. The van der Waals surface area contributed by atoms with Crippen molar-refractivity contribution >= 4 is 5.69 Å². The minimum atomic E-state index is 0.449. The summed E-state index contributed by atoms with van der Waals surface area (Å²) in [5.41, 5.74) is 1.21. The molecule has 99 valence electrons. The Kier molecular flexibility index (Phi) is 4.48. The van der Waals surface area contributed by atoms with Crippen molar-refractivity contribution in [3.63, 3.8) is 0 Å². The summed E-state index contributed by atoms with van der Waals surface area (Å²) in [5.74, 6) is 0.965. The van der Waals surface area contributed by atoms with E-state index in [1.807, 2.05) is 12.1 Å². The van der Waals surface area contributed by atoms with Gasteiger partial charge in [-0.05, 0) is 25.5 Å². The third kappa shape index (κ3) is 2.78. The van der Waals surface area contributed by atoms with Gasteiger partial charge in [-0.15, -0.1) is 0 Å². The molecule has 0 aromatic heterocycles. The van der Waals surface area contributed by atoms with E-state index in [9.17, 15) is 0 Å². The molecule has 0 N–H and O–H groups in total. The average Bonchev–Trinajstić information content (AvgIpc) is 2.46. The molecule has 2 rings (SSSR count). The van der Waals surface area contributed by atoms with Crippen molar-refractivity contribution in [3.05, 3.63) is 31.2 Å². The van der Waals surface area contributed by atoms with E-state index in [1.54, 1.807) is 7.11 Å². The Hall–Kier alpha value is -1.22. The Labute approximate surface area is 110 Å². The molecule has 1 aromatic carbocycles. The van der Waals surface area contributed by atoms with Crippen molar-refractivity contribution in [2.24, 2.45) is 0 Å². The molecule has 1 atom stereocenters. The van der Waals surface area contributed by atoms with E-state index in [0.29, 0.717) is 6.04 Å². The topological polar surface area (TPSA) is 15.7 Å². The van der Waals surface area contributed by atoms with E-state index >= 15 is 0 Å². The van der Waals surface area contributed by atoms with Gasteiger partial charge in [0.2, 0.25) is 0 Å². The van der Waals surface area contributed by atoms with Crippen LogP contribution in [0.2, 0.25) is 0 Å². The molecular formula is C15H23N2O. The zero-order chi connectivity index (χ0) is 13.0. The first-order valence-corrected chi connectivity index (χ1v) is 6.71. The quantitative estimate of drug-likeness (QED) is 0.812. The van der Waals surface area contributed by atoms with Crippen LogP contribution < -0.4 is 9.64 Å². The van der Waals surface area contributed by atoms with Crippen molar-refractivity contribution in [1.82, 2.24) is 4.90 Å². The van der Waals surface area contributed by atoms with Crippen LogP contribution in [0.4, 0.5) is 5.69 Å². The van der Waals surface area contributed by atoms with E-state index in [1.165, 1.54) is 5.69 Å². The van der Waals surface area contributed by atoms with Gasteiger partial charge in [-0.2, -0.15) is 0 Å². The fourth-order valence-electron chi connectivity index (χ4n) is 2.48. The van der Waals surface area contributed by atoms with Gasteiger partial charge in [0.1, 0.15) is 5.75 Å². The van der Waals surface area contributed by atoms with E-state index < -0.39 is 0 Å². The van der Waals surface area contributed by atoms with Gasteiger partial charge in [0, 0.05) is 32.2 Å². The molecule has 0 bridgehead atoms. The number of piperazine rings is 1. The zero-order valence-electron chi connectivity index (χ0n) is 11.4. The van der Waals surface area contributed by atoms with Crippen molar-refractivity contribution in [1.29, 1.82) is 0 Å². The first-order valence-electron chi connectivity index (χ1n) is 6.71. The van der Waals surface area contributed by atoms with Gasteiger partial charge in [-0.25, -0.2) is 0 Å². The summed E-state index contributed by atoms with van der Waals surface area (Å²) in [4.78, 5) is 4.86. The van der Waals surface area contributed by atoms with Gasteiger partial charge in [0.25, 0.3) is 0 Å². The number of benzene rings is 1. The van der Waals surface area contributed by atoms with Gasteiger partial charge < -0.3 is 9.64 Å².